The minimum Gasteiger partial charge on any atom is -0.481 e. The molecule has 0 aromatic rings. The summed E-state index contributed by atoms with van der Waals surface area (Å²) in [5, 5.41) is 14.4. The molecule has 4 unspecified atom stereocenters. The Morgan fingerprint density at radius 2 is 2.00 bits per heavy atom. The summed E-state index contributed by atoms with van der Waals surface area (Å²) in [5.74, 6) is -2.07. The van der Waals surface area contributed by atoms with Gasteiger partial charge in [-0.2, -0.15) is 0 Å². The van der Waals surface area contributed by atoms with Gasteiger partial charge < -0.3 is 15.7 Å². The lowest BCUT2D eigenvalue weighted by Crippen LogP contribution is -2.50. The van der Waals surface area contributed by atoms with Crippen molar-refractivity contribution >= 4 is 23.8 Å². The number of rotatable bonds is 4. The van der Waals surface area contributed by atoms with Crippen LogP contribution in [-0.4, -0.2) is 53.0 Å². The van der Waals surface area contributed by atoms with Gasteiger partial charge in [-0.25, -0.2) is 4.79 Å². The Balaban J connectivity index is 1.63. The van der Waals surface area contributed by atoms with E-state index in [0.717, 1.165) is 24.2 Å². The molecular formula is C13H17N3O5. The molecule has 2 saturated carbocycles. The molecule has 4 amide bonds. The number of nitrogens with one attached hydrogen (secondary N) is 2. The fourth-order valence-corrected chi connectivity index (χ4v) is 3.84. The number of carboxylic acid groups (broad SMARTS) is 1. The van der Waals surface area contributed by atoms with Gasteiger partial charge in [-0.3, -0.25) is 19.3 Å². The van der Waals surface area contributed by atoms with Crippen LogP contribution in [0.1, 0.15) is 19.3 Å². The molecule has 4 atom stereocenters. The quantitative estimate of drug-likeness (QED) is 0.584. The fraction of sp³-hybridized carbons (Fsp3) is 0.692. The summed E-state index contributed by atoms with van der Waals surface area (Å²) in [6, 6.07) is -0.979. The molecule has 3 rings (SSSR count). The van der Waals surface area contributed by atoms with Crippen molar-refractivity contribution < 1.29 is 24.3 Å². The van der Waals surface area contributed by atoms with E-state index in [9.17, 15) is 24.3 Å². The molecule has 1 saturated heterocycles. The van der Waals surface area contributed by atoms with Crippen LogP contribution in [0.2, 0.25) is 0 Å². The van der Waals surface area contributed by atoms with E-state index in [4.69, 9.17) is 0 Å². The van der Waals surface area contributed by atoms with Gasteiger partial charge in [-0.15, -0.1) is 0 Å². The number of carbonyl (C=O) groups excluding carboxylic acids is 3. The number of hydrogen-bond acceptors (Lipinski definition) is 4. The average Bonchev–Trinajstić information content (AvgIpc) is 3.09. The van der Waals surface area contributed by atoms with Crippen molar-refractivity contribution in [2.45, 2.75) is 25.3 Å². The largest absolute Gasteiger partial charge is 0.481 e. The van der Waals surface area contributed by atoms with Crippen molar-refractivity contribution in [2.24, 2.45) is 17.8 Å². The van der Waals surface area contributed by atoms with Crippen LogP contribution in [0.3, 0.4) is 0 Å². The molecule has 0 spiro atoms. The third-order valence-electron chi connectivity index (χ3n) is 4.77. The van der Waals surface area contributed by atoms with Crippen molar-refractivity contribution in [3.05, 3.63) is 0 Å². The number of hydrogen-bond donors (Lipinski definition) is 3. The van der Waals surface area contributed by atoms with Gasteiger partial charge in [0.2, 0.25) is 5.91 Å². The second-order valence-electron chi connectivity index (χ2n) is 5.93. The molecule has 21 heavy (non-hydrogen) atoms. The van der Waals surface area contributed by atoms with Crippen LogP contribution in [0, 0.1) is 17.8 Å². The molecule has 1 aliphatic heterocycles. The Hall–Kier alpha value is -2.12. The summed E-state index contributed by atoms with van der Waals surface area (Å²) in [5.41, 5.74) is 0. The van der Waals surface area contributed by atoms with E-state index >= 15 is 0 Å². The predicted molar refractivity (Wildman–Crippen MR) is 69.0 cm³/mol. The van der Waals surface area contributed by atoms with Gasteiger partial charge in [0.1, 0.15) is 6.54 Å². The Morgan fingerprint density at radius 1 is 1.29 bits per heavy atom. The number of fused-ring (bicyclic) bond motifs is 2. The van der Waals surface area contributed by atoms with Gasteiger partial charge in [-0.05, 0) is 31.1 Å². The number of carbonyl (C=O) groups is 4. The lowest BCUT2D eigenvalue weighted by Gasteiger charge is -2.29. The standard InChI is InChI=1S/C13H17N3O5/c17-8(5-16-9(18)4-14-13(16)21)15-11-7-2-1-6(3-7)10(11)12(19)20/h6-7,10-11H,1-5H2,(H,14,21)(H,15,17)(H,19,20). The fourth-order valence-electron chi connectivity index (χ4n) is 3.84. The summed E-state index contributed by atoms with van der Waals surface area (Å²) in [6.45, 7) is -0.455. The Morgan fingerprint density at radius 3 is 2.62 bits per heavy atom. The highest BCUT2D eigenvalue weighted by atomic mass is 16.4. The van der Waals surface area contributed by atoms with Crippen molar-refractivity contribution in [1.82, 2.24) is 15.5 Å². The maximum atomic E-state index is 12.0. The minimum absolute atomic E-state index is 0.0992. The average molecular weight is 295 g/mol. The van der Waals surface area contributed by atoms with Crippen LogP contribution < -0.4 is 10.6 Å². The molecule has 2 bridgehead atoms. The number of imide groups is 1. The first-order valence-corrected chi connectivity index (χ1v) is 7.07. The van der Waals surface area contributed by atoms with E-state index in [1.807, 2.05) is 0 Å². The highest BCUT2D eigenvalue weighted by molar-refractivity contribution is 6.04. The van der Waals surface area contributed by atoms with Crippen molar-refractivity contribution in [3.63, 3.8) is 0 Å². The van der Waals surface area contributed by atoms with Crippen LogP contribution in [-0.2, 0) is 14.4 Å². The zero-order chi connectivity index (χ0) is 15.1. The predicted octanol–water partition coefficient (Wildman–Crippen LogP) is -0.846. The van der Waals surface area contributed by atoms with Crippen LogP contribution in [0.25, 0.3) is 0 Å². The van der Waals surface area contributed by atoms with Crippen LogP contribution in [0.15, 0.2) is 0 Å². The van der Waals surface area contributed by atoms with Gasteiger partial charge in [0.05, 0.1) is 12.5 Å². The number of aliphatic carboxylic acids is 1. The first-order chi connectivity index (χ1) is 9.97. The highest BCUT2D eigenvalue weighted by Crippen LogP contribution is 2.48. The zero-order valence-electron chi connectivity index (χ0n) is 11.4. The van der Waals surface area contributed by atoms with Crippen LogP contribution in [0.4, 0.5) is 4.79 Å². The zero-order valence-corrected chi connectivity index (χ0v) is 11.4. The molecule has 3 fully saturated rings. The number of carboxylic acids is 1. The third-order valence-corrected chi connectivity index (χ3v) is 4.77. The summed E-state index contributed by atoms with van der Waals surface area (Å²) in [7, 11) is 0. The van der Waals surface area contributed by atoms with E-state index in [0.29, 0.717) is 0 Å². The maximum absolute atomic E-state index is 12.0. The molecule has 114 valence electrons. The van der Waals surface area contributed by atoms with E-state index in [-0.39, 0.29) is 24.9 Å². The Bertz CT molecular complexity index is 504. The first-order valence-electron chi connectivity index (χ1n) is 7.07. The third kappa shape index (κ3) is 2.34. The molecule has 1 heterocycles. The molecule has 3 N–H and O–H groups in total. The highest BCUT2D eigenvalue weighted by Gasteiger charge is 2.51. The summed E-state index contributed by atoms with van der Waals surface area (Å²) in [6.07, 6.45) is 2.63. The monoisotopic (exact) mass is 295 g/mol. The summed E-state index contributed by atoms with van der Waals surface area (Å²) in [4.78, 5) is 47.0. The van der Waals surface area contributed by atoms with E-state index in [1.165, 1.54) is 0 Å². The Kier molecular flexibility index (Phi) is 3.30. The van der Waals surface area contributed by atoms with Gasteiger partial charge >= 0.3 is 12.0 Å². The summed E-state index contributed by atoms with van der Waals surface area (Å²) < 4.78 is 0. The number of amides is 4. The molecule has 0 aromatic heterocycles. The normalized spacial score (nSPS) is 34.2. The molecule has 8 heteroatoms. The van der Waals surface area contributed by atoms with Gasteiger partial charge in [0.15, 0.2) is 0 Å². The molecule has 8 nitrogen and oxygen atoms in total. The number of urea groups is 1. The Labute approximate surface area is 120 Å². The molecule has 3 aliphatic rings. The lowest BCUT2D eigenvalue weighted by atomic mass is 9.84. The van der Waals surface area contributed by atoms with Gasteiger partial charge in [-0.1, -0.05) is 0 Å². The maximum Gasteiger partial charge on any atom is 0.325 e. The molecule has 2 aliphatic carbocycles. The molecular weight excluding hydrogens is 278 g/mol. The topological polar surface area (TPSA) is 116 Å². The minimum atomic E-state index is -0.887. The van der Waals surface area contributed by atoms with Crippen molar-refractivity contribution in [3.8, 4) is 0 Å². The second-order valence-corrected chi connectivity index (χ2v) is 5.93. The smallest absolute Gasteiger partial charge is 0.325 e. The van der Waals surface area contributed by atoms with E-state index < -0.39 is 35.8 Å². The van der Waals surface area contributed by atoms with Crippen molar-refractivity contribution in [1.29, 1.82) is 0 Å². The first kappa shape index (κ1) is 13.8. The number of nitrogens with zero attached hydrogens (tertiary/aromatic N) is 1. The summed E-state index contributed by atoms with van der Waals surface area (Å²) >= 11 is 0. The van der Waals surface area contributed by atoms with Crippen LogP contribution >= 0.6 is 0 Å². The van der Waals surface area contributed by atoms with Gasteiger partial charge in [0.25, 0.3) is 5.91 Å². The van der Waals surface area contributed by atoms with Crippen molar-refractivity contribution in [2.75, 3.05) is 13.1 Å². The van der Waals surface area contributed by atoms with E-state index in [1.54, 1.807) is 0 Å². The molecule has 0 aromatic carbocycles. The lowest BCUT2D eigenvalue weighted by molar-refractivity contribution is -0.145. The van der Waals surface area contributed by atoms with Gasteiger partial charge in [0, 0.05) is 6.04 Å². The SMILES string of the molecule is O=C(CN1C(=O)CNC1=O)NC1C2CCC(C2)C1C(=O)O. The van der Waals surface area contributed by atoms with Crippen LogP contribution in [0.5, 0.6) is 0 Å². The second kappa shape index (κ2) is 5.01. The molecule has 0 radical (unpaired) electrons. The van der Waals surface area contributed by atoms with E-state index in [2.05, 4.69) is 10.6 Å².